The van der Waals surface area contributed by atoms with Crippen molar-refractivity contribution in [3.63, 3.8) is 0 Å². The lowest BCUT2D eigenvalue weighted by atomic mass is 10.1. The van der Waals surface area contributed by atoms with Crippen LogP contribution in [0.1, 0.15) is 11.1 Å². The zero-order chi connectivity index (χ0) is 14.0. The van der Waals surface area contributed by atoms with E-state index in [2.05, 4.69) is 5.32 Å². The summed E-state index contributed by atoms with van der Waals surface area (Å²) in [4.78, 5) is 0. The van der Waals surface area contributed by atoms with Crippen LogP contribution in [0.3, 0.4) is 0 Å². The summed E-state index contributed by atoms with van der Waals surface area (Å²) in [7, 11) is 0. The van der Waals surface area contributed by atoms with Gasteiger partial charge in [-0.3, -0.25) is 0 Å². The van der Waals surface area contributed by atoms with Gasteiger partial charge in [0.2, 0.25) is 0 Å². The monoisotopic (exact) mass is 262 g/mol. The number of nitrogens with zero attached hydrogens (tertiary/aromatic N) is 1. The average molecular weight is 262 g/mol. The van der Waals surface area contributed by atoms with Gasteiger partial charge in [0.05, 0.1) is 16.9 Å². The van der Waals surface area contributed by atoms with Gasteiger partial charge in [0.1, 0.15) is 11.9 Å². The maximum atomic E-state index is 13.5. The van der Waals surface area contributed by atoms with E-state index in [0.717, 1.165) is 5.56 Å². The van der Waals surface area contributed by atoms with E-state index >= 15 is 0 Å². The molecule has 0 fully saturated rings. The van der Waals surface area contributed by atoms with Gasteiger partial charge in [0, 0.05) is 12.1 Å². The van der Waals surface area contributed by atoms with Crippen LogP contribution in [-0.2, 0) is 0 Å². The molecule has 0 spiro atoms. The van der Waals surface area contributed by atoms with Gasteiger partial charge in [-0.15, -0.1) is 0 Å². The lowest BCUT2D eigenvalue weighted by Gasteiger charge is -2.10. The maximum Gasteiger partial charge on any atom is 0.161 e. The molecule has 5 heteroatoms. The van der Waals surface area contributed by atoms with E-state index in [1.807, 2.05) is 13.0 Å². The van der Waals surface area contributed by atoms with Gasteiger partial charge in [0.25, 0.3) is 0 Å². The Hall–Kier alpha value is -2.48. The first kappa shape index (κ1) is 13.0. The molecule has 0 aliphatic heterocycles. The minimum atomic E-state index is -1.26. The highest BCUT2D eigenvalue weighted by Crippen LogP contribution is 2.25. The normalized spacial score (nSPS) is 10.1. The van der Waals surface area contributed by atoms with Crippen LogP contribution < -0.4 is 5.32 Å². The van der Waals surface area contributed by atoms with E-state index < -0.39 is 17.5 Å². The Balaban J connectivity index is 2.42. The fourth-order valence-electron chi connectivity index (χ4n) is 1.62. The molecule has 1 N–H and O–H groups in total. The smallest absolute Gasteiger partial charge is 0.161 e. The number of anilines is 2. The van der Waals surface area contributed by atoms with E-state index in [1.54, 1.807) is 18.2 Å². The van der Waals surface area contributed by atoms with Gasteiger partial charge < -0.3 is 5.32 Å². The van der Waals surface area contributed by atoms with Gasteiger partial charge in [-0.1, -0.05) is 6.07 Å². The van der Waals surface area contributed by atoms with Crippen LogP contribution in [0, 0.1) is 35.7 Å². The van der Waals surface area contributed by atoms with Crippen LogP contribution in [0.4, 0.5) is 24.5 Å². The molecule has 0 atom stereocenters. The second-order valence-corrected chi connectivity index (χ2v) is 4.03. The van der Waals surface area contributed by atoms with Crippen molar-refractivity contribution >= 4 is 11.4 Å². The van der Waals surface area contributed by atoms with Crippen LogP contribution in [0.2, 0.25) is 0 Å². The predicted octanol–water partition coefficient (Wildman–Crippen LogP) is 4.03. The lowest BCUT2D eigenvalue weighted by Crippen LogP contribution is -1.99. The second kappa shape index (κ2) is 5.02. The van der Waals surface area contributed by atoms with Crippen LogP contribution >= 0.6 is 0 Å². The SMILES string of the molecule is Cc1ccc(Nc2cc(F)c(F)cc2F)c(C#N)c1. The van der Waals surface area contributed by atoms with Gasteiger partial charge in [-0.05, 0) is 24.6 Å². The molecule has 2 aromatic rings. The van der Waals surface area contributed by atoms with Gasteiger partial charge in [-0.25, -0.2) is 13.2 Å². The molecule has 96 valence electrons. The van der Waals surface area contributed by atoms with Crippen molar-refractivity contribution in [2.45, 2.75) is 6.92 Å². The van der Waals surface area contributed by atoms with Crippen molar-refractivity contribution in [1.82, 2.24) is 0 Å². The third kappa shape index (κ3) is 2.68. The molecule has 0 saturated heterocycles. The van der Waals surface area contributed by atoms with E-state index in [1.165, 1.54) is 0 Å². The third-order valence-electron chi connectivity index (χ3n) is 2.57. The van der Waals surface area contributed by atoms with E-state index in [0.29, 0.717) is 23.4 Å². The van der Waals surface area contributed by atoms with E-state index in [-0.39, 0.29) is 5.69 Å². The molecule has 0 radical (unpaired) electrons. The molecule has 19 heavy (non-hydrogen) atoms. The quantitative estimate of drug-likeness (QED) is 0.829. The average Bonchev–Trinajstić information content (AvgIpc) is 2.37. The number of rotatable bonds is 2. The summed E-state index contributed by atoms with van der Waals surface area (Å²) in [6, 6.07) is 8.03. The third-order valence-corrected chi connectivity index (χ3v) is 2.57. The summed E-state index contributed by atoms with van der Waals surface area (Å²) in [6.07, 6.45) is 0. The molecule has 0 unspecified atom stereocenters. The van der Waals surface area contributed by atoms with Crippen molar-refractivity contribution < 1.29 is 13.2 Å². The Kier molecular flexibility index (Phi) is 3.43. The molecule has 2 nitrogen and oxygen atoms in total. The van der Waals surface area contributed by atoms with Gasteiger partial charge >= 0.3 is 0 Å². The van der Waals surface area contributed by atoms with Gasteiger partial charge in [-0.2, -0.15) is 5.26 Å². The standard InChI is InChI=1S/C14H9F3N2/c1-8-2-3-13(9(4-8)7-18)19-14-6-11(16)10(15)5-12(14)17/h2-6,19H,1H3. The first-order chi connectivity index (χ1) is 9.01. The Labute approximate surface area is 108 Å². The van der Waals surface area contributed by atoms with Crippen molar-refractivity contribution in [2.75, 3.05) is 5.32 Å². The summed E-state index contributed by atoms with van der Waals surface area (Å²) in [5.41, 5.74) is 1.27. The molecule has 0 aliphatic rings. The van der Waals surface area contributed by atoms with Gasteiger partial charge in [0.15, 0.2) is 11.6 Å². The van der Waals surface area contributed by atoms with Crippen molar-refractivity contribution in [3.05, 3.63) is 58.9 Å². The Morgan fingerprint density at radius 2 is 1.63 bits per heavy atom. The van der Waals surface area contributed by atoms with E-state index in [9.17, 15) is 13.2 Å². The van der Waals surface area contributed by atoms with Crippen LogP contribution in [-0.4, -0.2) is 0 Å². The fraction of sp³-hybridized carbons (Fsp3) is 0.0714. The van der Waals surface area contributed by atoms with Crippen LogP contribution in [0.5, 0.6) is 0 Å². The van der Waals surface area contributed by atoms with E-state index in [4.69, 9.17) is 5.26 Å². The predicted molar refractivity (Wildman–Crippen MR) is 65.5 cm³/mol. The highest BCUT2D eigenvalue weighted by molar-refractivity contribution is 5.67. The number of benzene rings is 2. The molecular formula is C14H9F3N2. The largest absolute Gasteiger partial charge is 0.352 e. The van der Waals surface area contributed by atoms with Crippen LogP contribution in [0.15, 0.2) is 30.3 Å². The Bertz CT molecular complexity index is 675. The first-order valence-electron chi connectivity index (χ1n) is 5.43. The summed E-state index contributed by atoms with van der Waals surface area (Å²) < 4.78 is 39.3. The maximum absolute atomic E-state index is 13.5. The Morgan fingerprint density at radius 3 is 2.32 bits per heavy atom. The first-order valence-corrected chi connectivity index (χ1v) is 5.43. The lowest BCUT2D eigenvalue weighted by molar-refractivity contribution is 0.496. The molecular weight excluding hydrogens is 253 g/mol. The number of hydrogen-bond acceptors (Lipinski definition) is 2. The zero-order valence-electron chi connectivity index (χ0n) is 9.97. The topological polar surface area (TPSA) is 35.8 Å². The number of aryl methyl sites for hydroxylation is 1. The minimum Gasteiger partial charge on any atom is -0.352 e. The molecule has 0 aliphatic carbocycles. The molecule has 0 bridgehead atoms. The Morgan fingerprint density at radius 1 is 0.947 bits per heavy atom. The molecule has 2 aromatic carbocycles. The molecule has 0 aromatic heterocycles. The molecule has 2 rings (SSSR count). The highest BCUT2D eigenvalue weighted by atomic mass is 19.2. The number of halogens is 3. The molecule has 0 amide bonds. The highest BCUT2D eigenvalue weighted by Gasteiger charge is 2.11. The van der Waals surface area contributed by atoms with Crippen molar-refractivity contribution in [1.29, 1.82) is 5.26 Å². The minimum absolute atomic E-state index is 0.223. The number of hydrogen-bond donors (Lipinski definition) is 1. The van der Waals surface area contributed by atoms with Crippen molar-refractivity contribution in [3.8, 4) is 6.07 Å². The molecule has 0 saturated carbocycles. The van der Waals surface area contributed by atoms with Crippen LogP contribution in [0.25, 0.3) is 0 Å². The summed E-state index contributed by atoms with van der Waals surface area (Å²) >= 11 is 0. The summed E-state index contributed by atoms with van der Waals surface area (Å²) in [5.74, 6) is -3.34. The van der Waals surface area contributed by atoms with Crippen molar-refractivity contribution in [2.24, 2.45) is 0 Å². The zero-order valence-corrected chi connectivity index (χ0v) is 9.97. The number of nitriles is 1. The summed E-state index contributed by atoms with van der Waals surface area (Å²) in [5, 5.41) is 11.6. The number of nitrogens with one attached hydrogen (secondary N) is 1. The fourth-order valence-corrected chi connectivity index (χ4v) is 1.62. The summed E-state index contributed by atoms with van der Waals surface area (Å²) in [6.45, 7) is 1.81. The second-order valence-electron chi connectivity index (χ2n) is 4.03. The molecule has 0 heterocycles.